The van der Waals surface area contributed by atoms with Crippen molar-refractivity contribution >= 4 is 29.3 Å². The molecule has 9 heteroatoms. The van der Waals surface area contributed by atoms with Gasteiger partial charge in [0.15, 0.2) is 0 Å². The molecule has 5 nitrogen and oxygen atoms in total. The number of alkyl halides is 3. The van der Waals surface area contributed by atoms with Crippen LogP contribution in [0.2, 0.25) is 0 Å². The van der Waals surface area contributed by atoms with Gasteiger partial charge < -0.3 is 15.2 Å². The molecular formula is C24H28F3NO4S. The Labute approximate surface area is 195 Å². The molecule has 0 saturated carbocycles. The SMILES string of the molecule is CCc1ccc(CC(=O)O)cc1Oc1ccc(NC(=O)C(C)(C)C)cc1CSCC(F)(F)F. The third-order valence-corrected chi connectivity index (χ3v) is 5.66. The predicted octanol–water partition coefficient (Wildman–Crippen LogP) is 6.45. The lowest BCUT2D eigenvalue weighted by atomic mass is 9.95. The monoisotopic (exact) mass is 483 g/mol. The minimum absolute atomic E-state index is 0.0182. The molecule has 0 saturated heterocycles. The Hall–Kier alpha value is -2.68. The van der Waals surface area contributed by atoms with Crippen molar-refractivity contribution in [2.24, 2.45) is 5.41 Å². The molecule has 0 aliphatic rings. The summed E-state index contributed by atoms with van der Waals surface area (Å²) < 4.78 is 44.1. The molecule has 2 rings (SSSR count). The zero-order chi connectivity index (χ0) is 24.8. The topological polar surface area (TPSA) is 75.6 Å². The van der Waals surface area contributed by atoms with E-state index in [0.717, 1.165) is 5.56 Å². The van der Waals surface area contributed by atoms with Crippen molar-refractivity contribution in [3.63, 3.8) is 0 Å². The molecule has 2 aromatic carbocycles. The Kier molecular flexibility index (Phi) is 8.82. The largest absolute Gasteiger partial charge is 0.481 e. The number of amides is 1. The van der Waals surface area contributed by atoms with E-state index >= 15 is 0 Å². The van der Waals surface area contributed by atoms with Gasteiger partial charge in [-0.15, -0.1) is 11.8 Å². The number of hydrogen-bond donors (Lipinski definition) is 2. The Morgan fingerprint density at radius 2 is 1.73 bits per heavy atom. The average Bonchev–Trinajstić information content (AvgIpc) is 2.68. The maximum absolute atomic E-state index is 12.7. The van der Waals surface area contributed by atoms with Gasteiger partial charge in [0.25, 0.3) is 0 Å². The smallest absolute Gasteiger partial charge is 0.397 e. The zero-order valence-electron chi connectivity index (χ0n) is 19.0. The number of carbonyl (C=O) groups excluding carboxylic acids is 1. The van der Waals surface area contributed by atoms with Crippen LogP contribution in [0.5, 0.6) is 11.5 Å². The molecule has 0 bridgehead atoms. The summed E-state index contributed by atoms with van der Waals surface area (Å²) in [5.41, 5.74) is 1.70. The van der Waals surface area contributed by atoms with E-state index in [9.17, 15) is 22.8 Å². The number of benzene rings is 2. The molecule has 2 aromatic rings. The van der Waals surface area contributed by atoms with Gasteiger partial charge in [0.05, 0.1) is 12.2 Å². The highest BCUT2D eigenvalue weighted by Gasteiger charge is 2.27. The van der Waals surface area contributed by atoms with Crippen LogP contribution in [0.3, 0.4) is 0 Å². The van der Waals surface area contributed by atoms with E-state index < -0.39 is 23.3 Å². The van der Waals surface area contributed by atoms with E-state index in [1.807, 2.05) is 6.92 Å². The molecule has 0 aromatic heterocycles. The summed E-state index contributed by atoms with van der Waals surface area (Å²) in [6.45, 7) is 7.20. The number of hydrogen-bond acceptors (Lipinski definition) is 4. The maximum Gasteiger partial charge on any atom is 0.397 e. The molecule has 0 spiro atoms. The van der Waals surface area contributed by atoms with Crippen LogP contribution in [0, 0.1) is 5.41 Å². The summed E-state index contributed by atoms with van der Waals surface area (Å²) in [6.07, 6.45) is -3.85. The number of nitrogens with one attached hydrogen (secondary N) is 1. The van der Waals surface area contributed by atoms with Gasteiger partial charge in [-0.25, -0.2) is 0 Å². The molecular weight excluding hydrogens is 455 g/mol. The van der Waals surface area contributed by atoms with E-state index in [0.29, 0.717) is 46.5 Å². The number of halogens is 3. The number of ether oxygens (including phenoxy) is 1. The summed E-state index contributed by atoms with van der Waals surface area (Å²) in [7, 11) is 0. The van der Waals surface area contributed by atoms with Crippen molar-refractivity contribution in [2.75, 3.05) is 11.1 Å². The highest BCUT2D eigenvalue weighted by molar-refractivity contribution is 7.98. The molecule has 0 aliphatic heterocycles. The standard InChI is InChI=1S/C24H28F3NO4S/c1-5-16-7-6-15(11-21(29)30)10-20(16)32-19-9-8-18(28-22(31)23(2,3)4)12-17(19)13-33-14-24(25,26)27/h6-10,12H,5,11,13-14H2,1-4H3,(H,28,31)(H,29,30). The molecule has 1 amide bonds. The van der Waals surface area contributed by atoms with E-state index in [1.54, 1.807) is 57.2 Å². The van der Waals surface area contributed by atoms with Crippen LogP contribution < -0.4 is 10.1 Å². The summed E-state index contributed by atoms with van der Waals surface area (Å²) in [5, 5.41) is 11.9. The van der Waals surface area contributed by atoms with Gasteiger partial charge in [-0.3, -0.25) is 9.59 Å². The lowest BCUT2D eigenvalue weighted by Gasteiger charge is -2.19. The van der Waals surface area contributed by atoms with E-state index in [-0.39, 0.29) is 18.1 Å². The summed E-state index contributed by atoms with van der Waals surface area (Å²) in [6, 6.07) is 9.97. The number of carbonyl (C=O) groups is 2. The Morgan fingerprint density at radius 3 is 2.30 bits per heavy atom. The van der Waals surface area contributed by atoms with Crippen molar-refractivity contribution < 1.29 is 32.6 Å². The van der Waals surface area contributed by atoms with Crippen molar-refractivity contribution in [3.8, 4) is 11.5 Å². The fraction of sp³-hybridized carbons (Fsp3) is 0.417. The highest BCUT2D eigenvalue weighted by Crippen LogP contribution is 2.35. The van der Waals surface area contributed by atoms with Gasteiger partial charge in [-0.1, -0.05) is 39.8 Å². The van der Waals surface area contributed by atoms with Crippen LogP contribution in [-0.4, -0.2) is 28.9 Å². The molecule has 180 valence electrons. The van der Waals surface area contributed by atoms with Crippen LogP contribution in [0.4, 0.5) is 18.9 Å². The average molecular weight is 484 g/mol. The van der Waals surface area contributed by atoms with Gasteiger partial charge in [-0.05, 0) is 41.8 Å². The normalized spacial score (nSPS) is 11.8. The molecule has 0 unspecified atom stereocenters. The minimum atomic E-state index is -4.30. The second-order valence-corrected chi connectivity index (χ2v) is 9.59. The number of anilines is 1. The van der Waals surface area contributed by atoms with Crippen molar-refractivity contribution in [3.05, 3.63) is 53.1 Å². The number of carboxylic acid groups (broad SMARTS) is 1. The molecule has 0 radical (unpaired) electrons. The van der Waals surface area contributed by atoms with Crippen LogP contribution >= 0.6 is 11.8 Å². The summed E-state index contributed by atoms with van der Waals surface area (Å²) >= 11 is 0.697. The first-order chi connectivity index (χ1) is 15.3. The first kappa shape index (κ1) is 26.6. The molecule has 2 N–H and O–H groups in total. The Morgan fingerprint density at radius 1 is 1.03 bits per heavy atom. The number of aryl methyl sites for hydroxylation is 1. The second-order valence-electron chi connectivity index (χ2n) is 8.60. The van der Waals surface area contributed by atoms with E-state index in [4.69, 9.17) is 9.84 Å². The van der Waals surface area contributed by atoms with Crippen LogP contribution in [0.15, 0.2) is 36.4 Å². The summed E-state index contributed by atoms with van der Waals surface area (Å²) in [5.74, 6) is -1.40. The minimum Gasteiger partial charge on any atom is -0.481 e. The van der Waals surface area contributed by atoms with Gasteiger partial charge in [0.2, 0.25) is 5.91 Å². The lowest BCUT2D eigenvalue weighted by molar-refractivity contribution is -0.136. The number of thioether (sulfide) groups is 1. The van der Waals surface area contributed by atoms with Gasteiger partial charge >= 0.3 is 12.1 Å². The van der Waals surface area contributed by atoms with Gasteiger partial charge in [0, 0.05) is 22.4 Å². The molecule has 0 aliphatic carbocycles. The lowest BCUT2D eigenvalue weighted by Crippen LogP contribution is -2.27. The number of rotatable bonds is 9. The summed E-state index contributed by atoms with van der Waals surface area (Å²) in [4.78, 5) is 23.4. The van der Waals surface area contributed by atoms with Crippen LogP contribution in [0.1, 0.15) is 44.4 Å². The fourth-order valence-corrected chi connectivity index (χ4v) is 3.63. The van der Waals surface area contributed by atoms with Crippen LogP contribution in [0.25, 0.3) is 0 Å². The Balaban J connectivity index is 2.37. The Bertz CT molecular complexity index is 1000. The predicted molar refractivity (Wildman–Crippen MR) is 124 cm³/mol. The zero-order valence-corrected chi connectivity index (χ0v) is 19.8. The van der Waals surface area contributed by atoms with Crippen molar-refractivity contribution in [2.45, 2.75) is 52.5 Å². The molecule has 33 heavy (non-hydrogen) atoms. The third kappa shape index (κ3) is 8.64. The third-order valence-electron chi connectivity index (χ3n) is 4.61. The number of aliphatic carboxylic acids is 1. The molecule has 0 heterocycles. The fourth-order valence-electron chi connectivity index (χ4n) is 2.85. The van der Waals surface area contributed by atoms with Crippen LogP contribution in [-0.2, 0) is 28.2 Å². The quantitative estimate of drug-likeness (QED) is 0.429. The first-order valence-corrected chi connectivity index (χ1v) is 11.5. The van der Waals surface area contributed by atoms with Crippen molar-refractivity contribution in [1.82, 2.24) is 0 Å². The number of carboxylic acids is 1. The van der Waals surface area contributed by atoms with Crippen molar-refractivity contribution in [1.29, 1.82) is 0 Å². The highest BCUT2D eigenvalue weighted by atomic mass is 32.2. The van der Waals surface area contributed by atoms with E-state index in [2.05, 4.69) is 5.32 Å². The molecule has 0 atom stereocenters. The maximum atomic E-state index is 12.7. The first-order valence-electron chi connectivity index (χ1n) is 10.4. The van der Waals surface area contributed by atoms with Gasteiger partial charge in [-0.2, -0.15) is 13.2 Å². The molecule has 0 fully saturated rings. The van der Waals surface area contributed by atoms with E-state index in [1.165, 1.54) is 0 Å². The van der Waals surface area contributed by atoms with Gasteiger partial charge in [0.1, 0.15) is 11.5 Å². The second kappa shape index (κ2) is 11.0.